The van der Waals surface area contributed by atoms with Crippen molar-refractivity contribution in [1.82, 2.24) is 0 Å². The highest BCUT2D eigenvalue weighted by Gasteiger charge is 2.28. The average molecular weight is 208 g/mol. The molecule has 0 saturated carbocycles. The van der Waals surface area contributed by atoms with Crippen LogP contribution in [0.1, 0.15) is 10.4 Å². The molecule has 72 valence electrons. The molecule has 4 heteroatoms. The molecule has 1 aromatic rings. The van der Waals surface area contributed by atoms with Gasteiger partial charge in [-0.3, -0.25) is 4.79 Å². The van der Waals surface area contributed by atoms with E-state index in [-0.39, 0.29) is 18.0 Å². The van der Waals surface area contributed by atoms with Crippen LogP contribution in [0.3, 0.4) is 0 Å². The van der Waals surface area contributed by atoms with E-state index >= 15 is 0 Å². The molecule has 0 radical (unpaired) electrons. The Kier molecular flexibility index (Phi) is 2.21. The zero-order valence-electron chi connectivity index (χ0n) is 7.57. The van der Waals surface area contributed by atoms with E-state index in [9.17, 15) is 9.59 Å². The number of ether oxygens (including phenoxy) is 1. The second kappa shape index (κ2) is 3.38. The van der Waals surface area contributed by atoms with Crippen LogP contribution in [-0.4, -0.2) is 18.4 Å². The average Bonchev–Trinajstić information content (AvgIpc) is 2.67. The van der Waals surface area contributed by atoms with Crippen LogP contribution in [0.15, 0.2) is 17.0 Å². The van der Waals surface area contributed by atoms with Crippen LogP contribution in [-0.2, 0) is 14.3 Å². The number of esters is 1. The van der Waals surface area contributed by atoms with Crippen LogP contribution < -0.4 is 0 Å². The molecule has 1 aromatic heterocycles. The standard InChI is InChI=1S/C10H8O3S/c1-6-2-3-14-9(6)4-7-8(11)5-13-10(7)12/h2-4H,5H2,1H3/b7-4-. The molecule has 0 aliphatic carbocycles. The molecule has 0 atom stereocenters. The number of carbonyl (C=O) groups is 2. The molecule has 0 spiro atoms. The summed E-state index contributed by atoms with van der Waals surface area (Å²) in [5, 5.41) is 1.92. The summed E-state index contributed by atoms with van der Waals surface area (Å²) in [4.78, 5) is 23.3. The first-order valence-electron chi connectivity index (χ1n) is 4.14. The van der Waals surface area contributed by atoms with Crippen molar-refractivity contribution in [2.75, 3.05) is 6.61 Å². The highest BCUT2D eigenvalue weighted by Crippen LogP contribution is 2.21. The summed E-state index contributed by atoms with van der Waals surface area (Å²) in [7, 11) is 0. The molecule has 0 unspecified atom stereocenters. The zero-order chi connectivity index (χ0) is 10.1. The van der Waals surface area contributed by atoms with Crippen LogP contribution in [0, 0.1) is 6.92 Å². The van der Waals surface area contributed by atoms with E-state index < -0.39 is 5.97 Å². The Labute approximate surface area is 85.0 Å². The molecule has 0 aromatic carbocycles. The summed E-state index contributed by atoms with van der Waals surface area (Å²) in [6.07, 6.45) is 1.61. The second-order valence-corrected chi connectivity index (χ2v) is 3.97. The lowest BCUT2D eigenvalue weighted by molar-refractivity contribution is -0.135. The van der Waals surface area contributed by atoms with Gasteiger partial charge in [-0.1, -0.05) is 0 Å². The third-order valence-corrected chi connectivity index (χ3v) is 3.00. The van der Waals surface area contributed by atoms with Gasteiger partial charge in [0.15, 0.2) is 6.61 Å². The van der Waals surface area contributed by atoms with Gasteiger partial charge in [-0.05, 0) is 30.0 Å². The van der Waals surface area contributed by atoms with Gasteiger partial charge in [0.25, 0.3) is 0 Å². The van der Waals surface area contributed by atoms with Gasteiger partial charge < -0.3 is 4.74 Å². The SMILES string of the molecule is Cc1ccsc1/C=C1/C(=O)COC1=O. The minimum atomic E-state index is -0.511. The molecule has 14 heavy (non-hydrogen) atoms. The minimum Gasteiger partial charge on any atom is -0.454 e. The van der Waals surface area contributed by atoms with E-state index in [4.69, 9.17) is 0 Å². The first kappa shape index (κ1) is 9.15. The molecule has 2 heterocycles. The molecule has 1 aliphatic heterocycles. The fraction of sp³-hybridized carbons (Fsp3) is 0.200. The Bertz CT molecular complexity index is 410. The predicted octanol–water partition coefficient (Wildman–Crippen LogP) is 1.57. The molecule has 1 aliphatic rings. The van der Waals surface area contributed by atoms with Crippen LogP contribution >= 0.6 is 11.3 Å². The third kappa shape index (κ3) is 1.48. The molecule has 1 saturated heterocycles. The van der Waals surface area contributed by atoms with E-state index in [0.717, 1.165) is 10.4 Å². The second-order valence-electron chi connectivity index (χ2n) is 3.03. The summed E-state index contributed by atoms with van der Waals surface area (Å²) in [5.41, 5.74) is 1.23. The van der Waals surface area contributed by atoms with Crippen molar-refractivity contribution in [2.24, 2.45) is 0 Å². The molecular formula is C10H8O3S. The van der Waals surface area contributed by atoms with Gasteiger partial charge in [-0.15, -0.1) is 11.3 Å². The lowest BCUT2D eigenvalue weighted by Gasteiger charge is -1.91. The quantitative estimate of drug-likeness (QED) is 0.399. The van der Waals surface area contributed by atoms with Crippen LogP contribution in [0.2, 0.25) is 0 Å². The molecule has 0 N–H and O–H groups in total. The van der Waals surface area contributed by atoms with Crippen molar-refractivity contribution < 1.29 is 14.3 Å². The maximum Gasteiger partial charge on any atom is 0.342 e. The largest absolute Gasteiger partial charge is 0.454 e. The van der Waals surface area contributed by atoms with Crippen LogP contribution in [0.4, 0.5) is 0 Å². The first-order valence-corrected chi connectivity index (χ1v) is 5.02. The van der Waals surface area contributed by atoms with Crippen molar-refractivity contribution in [3.8, 4) is 0 Å². The van der Waals surface area contributed by atoms with E-state index in [1.54, 1.807) is 6.08 Å². The monoisotopic (exact) mass is 208 g/mol. The first-order chi connectivity index (χ1) is 6.68. The lowest BCUT2D eigenvalue weighted by Crippen LogP contribution is -2.00. The molecule has 2 rings (SSSR count). The summed E-state index contributed by atoms with van der Waals surface area (Å²) in [6, 6.07) is 1.95. The highest BCUT2D eigenvalue weighted by atomic mass is 32.1. The number of Topliss-reactive ketones (excluding diaryl/α,β-unsaturated/α-hetero) is 1. The van der Waals surface area contributed by atoms with Gasteiger partial charge >= 0.3 is 5.97 Å². The fourth-order valence-electron chi connectivity index (χ4n) is 1.20. The topological polar surface area (TPSA) is 43.4 Å². The maximum absolute atomic E-state index is 11.2. The minimum absolute atomic E-state index is 0.116. The maximum atomic E-state index is 11.2. The van der Waals surface area contributed by atoms with Crippen molar-refractivity contribution in [3.63, 3.8) is 0 Å². The molecular weight excluding hydrogens is 200 g/mol. The van der Waals surface area contributed by atoms with Gasteiger partial charge in [0.2, 0.25) is 5.78 Å². The Morgan fingerprint density at radius 1 is 1.50 bits per heavy atom. The van der Waals surface area contributed by atoms with Crippen molar-refractivity contribution in [2.45, 2.75) is 6.92 Å². The number of carbonyl (C=O) groups excluding carboxylic acids is 2. The summed E-state index contributed by atoms with van der Waals surface area (Å²) in [5.74, 6) is -0.745. The molecule has 0 bridgehead atoms. The normalized spacial score (nSPS) is 19.1. The van der Waals surface area contributed by atoms with Gasteiger partial charge in [0, 0.05) is 4.88 Å². The highest BCUT2D eigenvalue weighted by molar-refractivity contribution is 7.11. The van der Waals surface area contributed by atoms with Crippen LogP contribution in [0.5, 0.6) is 0 Å². The Morgan fingerprint density at radius 3 is 2.79 bits per heavy atom. The summed E-state index contributed by atoms with van der Waals surface area (Å²) >= 11 is 1.50. The van der Waals surface area contributed by atoms with E-state index in [0.29, 0.717) is 0 Å². The number of hydrogen-bond acceptors (Lipinski definition) is 4. The Hall–Kier alpha value is -1.42. The summed E-state index contributed by atoms with van der Waals surface area (Å²) < 4.78 is 4.61. The third-order valence-electron chi connectivity index (χ3n) is 2.03. The number of thiophene rings is 1. The number of rotatable bonds is 1. The van der Waals surface area contributed by atoms with Gasteiger partial charge in [0.05, 0.1) is 0 Å². The predicted molar refractivity (Wildman–Crippen MR) is 53.0 cm³/mol. The van der Waals surface area contributed by atoms with Crippen LogP contribution in [0.25, 0.3) is 6.08 Å². The Balaban J connectivity index is 2.39. The van der Waals surface area contributed by atoms with Crippen molar-refractivity contribution in [3.05, 3.63) is 27.5 Å². The van der Waals surface area contributed by atoms with E-state index in [2.05, 4.69) is 4.74 Å². The fourth-order valence-corrected chi connectivity index (χ4v) is 2.06. The van der Waals surface area contributed by atoms with Gasteiger partial charge in [-0.25, -0.2) is 4.79 Å². The number of aryl methyl sites for hydroxylation is 1. The van der Waals surface area contributed by atoms with Crippen molar-refractivity contribution >= 4 is 29.2 Å². The van der Waals surface area contributed by atoms with Gasteiger partial charge in [0.1, 0.15) is 5.57 Å². The molecule has 0 amide bonds. The van der Waals surface area contributed by atoms with E-state index in [1.165, 1.54) is 11.3 Å². The number of cyclic esters (lactones) is 1. The smallest absolute Gasteiger partial charge is 0.342 e. The number of hydrogen-bond donors (Lipinski definition) is 0. The van der Waals surface area contributed by atoms with Crippen molar-refractivity contribution in [1.29, 1.82) is 0 Å². The Morgan fingerprint density at radius 2 is 2.29 bits per heavy atom. The van der Waals surface area contributed by atoms with Gasteiger partial charge in [-0.2, -0.15) is 0 Å². The molecule has 3 nitrogen and oxygen atoms in total. The zero-order valence-corrected chi connectivity index (χ0v) is 8.39. The number of ketones is 1. The molecule has 1 fully saturated rings. The lowest BCUT2D eigenvalue weighted by atomic mass is 10.1. The van der Waals surface area contributed by atoms with E-state index in [1.807, 2.05) is 18.4 Å². The summed E-state index contributed by atoms with van der Waals surface area (Å²) in [6.45, 7) is 1.82.